The van der Waals surface area contributed by atoms with E-state index in [2.05, 4.69) is 15.5 Å². The van der Waals surface area contributed by atoms with Crippen molar-refractivity contribution in [2.45, 2.75) is 31.4 Å². The van der Waals surface area contributed by atoms with Gasteiger partial charge in [0.2, 0.25) is 0 Å². The zero-order valence-corrected chi connectivity index (χ0v) is 14.2. The molecular weight excluding hydrogens is 338 g/mol. The van der Waals surface area contributed by atoms with Crippen molar-refractivity contribution >= 4 is 28.2 Å². The molecule has 5 nitrogen and oxygen atoms in total. The van der Waals surface area contributed by atoms with Gasteiger partial charge >= 0.3 is 0 Å². The highest BCUT2D eigenvalue weighted by atomic mass is 35.5. The summed E-state index contributed by atoms with van der Waals surface area (Å²) in [5.74, 6) is 0.720. The SMILES string of the molecule is Oc1cc(Cl)ccc1-c1nnc(N[C@H]2CCC[C@@H]2O)c2ccccc12. The summed E-state index contributed by atoms with van der Waals surface area (Å²) < 4.78 is 0. The molecule has 2 atom stereocenters. The Kier molecular flexibility index (Phi) is 4.19. The maximum absolute atomic E-state index is 10.2. The molecular formula is C19H18ClN3O2. The van der Waals surface area contributed by atoms with Gasteiger partial charge in [0, 0.05) is 21.4 Å². The average molecular weight is 356 g/mol. The lowest BCUT2D eigenvalue weighted by atomic mass is 10.0. The van der Waals surface area contributed by atoms with Crippen molar-refractivity contribution in [1.29, 1.82) is 0 Å². The van der Waals surface area contributed by atoms with E-state index >= 15 is 0 Å². The van der Waals surface area contributed by atoms with Gasteiger partial charge in [-0.2, -0.15) is 0 Å². The minimum absolute atomic E-state index is 0.00695. The lowest BCUT2D eigenvalue weighted by Crippen LogP contribution is -2.28. The lowest BCUT2D eigenvalue weighted by molar-refractivity contribution is 0.171. The number of aromatic nitrogens is 2. The van der Waals surface area contributed by atoms with Crippen LogP contribution in [0.5, 0.6) is 5.75 Å². The van der Waals surface area contributed by atoms with Crippen molar-refractivity contribution in [1.82, 2.24) is 10.2 Å². The number of phenolic OH excluding ortho intramolecular Hbond substituents is 1. The van der Waals surface area contributed by atoms with E-state index in [1.807, 2.05) is 24.3 Å². The Morgan fingerprint density at radius 1 is 1.04 bits per heavy atom. The Balaban J connectivity index is 1.81. The maximum atomic E-state index is 10.2. The topological polar surface area (TPSA) is 78.3 Å². The number of halogens is 1. The van der Waals surface area contributed by atoms with Crippen LogP contribution in [0.2, 0.25) is 5.02 Å². The normalized spacial score (nSPS) is 20.1. The molecule has 2 aromatic carbocycles. The number of aromatic hydroxyl groups is 1. The van der Waals surface area contributed by atoms with Gasteiger partial charge in [0.05, 0.1) is 12.1 Å². The number of nitrogens with one attached hydrogen (secondary N) is 1. The number of benzene rings is 2. The average Bonchev–Trinajstić information content (AvgIpc) is 3.01. The van der Waals surface area contributed by atoms with Gasteiger partial charge in [-0.25, -0.2) is 0 Å². The summed E-state index contributed by atoms with van der Waals surface area (Å²) in [4.78, 5) is 0. The van der Waals surface area contributed by atoms with Gasteiger partial charge in [0.25, 0.3) is 0 Å². The molecule has 3 aromatic rings. The van der Waals surface area contributed by atoms with Gasteiger partial charge in [0.15, 0.2) is 5.82 Å². The standard InChI is InChI=1S/C19H18ClN3O2/c20-11-8-9-14(17(25)10-11)18-12-4-1-2-5-13(12)19(23-22-18)21-15-6-3-7-16(15)24/h1-2,4-5,8-10,15-16,24-25H,3,6-7H2,(H,21,23)/t15-,16-/m0/s1. The van der Waals surface area contributed by atoms with E-state index in [-0.39, 0.29) is 17.9 Å². The fraction of sp³-hybridized carbons (Fsp3) is 0.263. The number of hydrogen-bond donors (Lipinski definition) is 3. The van der Waals surface area contributed by atoms with Gasteiger partial charge in [-0.1, -0.05) is 35.9 Å². The van der Waals surface area contributed by atoms with Gasteiger partial charge in [-0.15, -0.1) is 10.2 Å². The molecule has 1 aromatic heterocycles. The van der Waals surface area contributed by atoms with Crippen molar-refractivity contribution in [3.63, 3.8) is 0 Å². The molecule has 1 saturated carbocycles. The monoisotopic (exact) mass is 355 g/mol. The molecule has 0 unspecified atom stereocenters. The fourth-order valence-electron chi connectivity index (χ4n) is 3.40. The van der Waals surface area contributed by atoms with Crippen LogP contribution in [0.1, 0.15) is 19.3 Å². The predicted molar refractivity (Wildman–Crippen MR) is 98.9 cm³/mol. The smallest absolute Gasteiger partial charge is 0.156 e. The van der Waals surface area contributed by atoms with Crippen LogP contribution in [0.25, 0.3) is 22.0 Å². The van der Waals surface area contributed by atoms with Crippen molar-refractivity contribution in [3.05, 3.63) is 47.5 Å². The third kappa shape index (κ3) is 3.01. The number of aliphatic hydroxyl groups is 1. The second-order valence-electron chi connectivity index (χ2n) is 6.35. The van der Waals surface area contributed by atoms with Crippen molar-refractivity contribution in [2.75, 3.05) is 5.32 Å². The molecule has 0 aliphatic heterocycles. The fourth-order valence-corrected chi connectivity index (χ4v) is 3.57. The van der Waals surface area contributed by atoms with Gasteiger partial charge < -0.3 is 15.5 Å². The van der Waals surface area contributed by atoms with Gasteiger partial charge in [-0.05, 0) is 37.5 Å². The van der Waals surface area contributed by atoms with Crippen LogP contribution < -0.4 is 5.32 Å². The molecule has 0 amide bonds. The Morgan fingerprint density at radius 2 is 1.84 bits per heavy atom. The van der Waals surface area contributed by atoms with Crippen LogP contribution >= 0.6 is 11.6 Å². The van der Waals surface area contributed by atoms with E-state index < -0.39 is 0 Å². The molecule has 0 bridgehead atoms. The van der Waals surface area contributed by atoms with Crippen molar-refractivity contribution in [2.24, 2.45) is 0 Å². The van der Waals surface area contributed by atoms with E-state index in [4.69, 9.17) is 11.6 Å². The first-order valence-electron chi connectivity index (χ1n) is 8.32. The van der Waals surface area contributed by atoms with Crippen LogP contribution in [0, 0.1) is 0 Å². The minimum Gasteiger partial charge on any atom is -0.507 e. The van der Waals surface area contributed by atoms with Crippen LogP contribution in [0.15, 0.2) is 42.5 Å². The highest BCUT2D eigenvalue weighted by molar-refractivity contribution is 6.30. The van der Waals surface area contributed by atoms with Crippen LogP contribution in [0.3, 0.4) is 0 Å². The van der Waals surface area contributed by atoms with Crippen molar-refractivity contribution in [3.8, 4) is 17.0 Å². The Morgan fingerprint density at radius 3 is 2.56 bits per heavy atom. The van der Waals surface area contributed by atoms with Crippen molar-refractivity contribution < 1.29 is 10.2 Å². The van der Waals surface area contributed by atoms with E-state index in [0.717, 1.165) is 30.0 Å². The summed E-state index contributed by atoms with van der Waals surface area (Å²) >= 11 is 5.93. The number of nitrogens with zero attached hydrogens (tertiary/aromatic N) is 2. The van der Waals surface area contributed by atoms with Crippen LogP contribution in [-0.2, 0) is 0 Å². The molecule has 1 aliphatic rings. The van der Waals surface area contributed by atoms with E-state index in [1.54, 1.807) is 12.1 Å². The zero-order chi connectivity index (χ0) is 17.4. The first-order valence-corrected chi connectivity index (χ1v) is 8.70. The summed E-state index contributed by atoms with van der Waals surface area (Å²) in [6.07, 6.45) is 2.36. The Hall–Kier alpha value is -2.37. The summed E-state index contributed by atoms with van der Waals surface area (Å²) in [7, 11) is 0. The number of hydrogen-bond acceptors (Lipinski definition) is 5. The molecule has 0 radical (unpaired) electrons. The summed E-state index contributed by atoms with van der Waals surface area (Å²) in [5, 5.41) is 34.5. The summed E-state index contributed by atoms with van der Waals surface area (Å²) in [6.45, 7) is 0. The minimum atomic E-state index is -0.361. The third-order valence-corrected chi connectivity index (χ3v) is 4.94. The maximum Gasteiger partial charge on any atom is 0.156 e. The third-order valence-electron chi connectivity index (χ3n) is 4.70. The van der Waals surface area contributed by atoms with Crippen LogP contribution in [0.4, 0.5) is 5.82 Å². The van der Waals surface area contributed by atoms with Crippen LogP contribution in [-0.4, -0.2) is 32.6 Å². The molecule has 128 valence electrons. The highest BCUT2D eigenvalue weighted by Crippen LogP contribution is 2.36. The molecule has 1 fully saturated rings. The lowest BCUT2D eigenvalue weighted by Gasteiger charge is -2.18. The summed E-state index contributed by atoms with van der Waals surface area (Å²) in [5.41, 5.74) is 1.18. The molecule has 1 heterocycles. The highest BCUT2D eigenvalue weighted by Gasteiger charge is 2.26. The first kappa shape index (κ1) is 16.1. The largest absolute Gasteiger partial charge is 0.507 e. The predicted octanol–water partition coefficient (Wildman–Crippen LogP) is 3.98. The molecule has 3 N–H and O–H groups in total. The Labute approximate surface area is 150 Å². The number of phenols is 1. The van der Waals surface area contributed by atoms with E-state index in [1.165, 1.54) is 6.07 Å². The molecule has 1 aliphatic carbocycles. The number of fused-ring (bicyclic) bond motifs is 1. The number of rotatable bonds is 3. The number of anilines is 1. The van der Waals surface area contributed by atoms with E-state index in [0.29, 0.717) is 22.1 Å². The second kappa shape index (κ2) is 6.50. The molecule has 25 heavy (non-hydrogen) atoms. The molecule has 0 saturated heterocycles. The first-order chi connectivity index (χ1) is 12.1. The van der Waals surface area contributed by atoms with Gasteiger partial charge in [-0.3, -0.25) is 0 Å². The van der Waals surface area contributed by atoms with E-state index in [9.17, 15) is 10.2 Å². The molecule has 4 rings (SSSR count). The number of aliphatic hydroxyl groups excluding tert-OH is 1. The summed E-state index contributed by atoms with van der Waals surface area (Å²) in [6, 6.07) is 12.7. The Bertz CT molecular complexity index is 932. The second-order valence-corrected chi connectivity index (χ2v) is 6.79. The molecule has 6 heteroatoms. The quantitative estimate of drug-likeness (QED) is 0.662. The molecule has 0 spiro atoms. The van der Waals surface area contributed by atoms with Gasteiger partial charge in [0.1, 0.15) is 11.4 Å². The zero-order valence-electron chi connectivity index (χ0n) is 13.5.